The van der Waals surface area contributed by atoms with Crippen LogP contribution in [0.15, 0.2) is 71.8 Å². The highest BCUT2D eigenvalue weighted by atomic mass is 16.5. The SMILES string of the molecule is COc1ccc(C=NNC(=O)c2ccc(NC(=O)c3ccc(C(C)(C)C)cc3)cc2)cc1O. The smallest absolute Gasteiger partial charge is 0.271 e. The Kier molecular flexibility index (Phi) is 7.13. The predicted molar refractivity (Wildman–Crippen MR) is 129 cm³/mol. The van der Waals surface area contributed by atoms with Crippen LogP contribution in [0.4, 0.5) is 5.69 Å². The first-order valence-electron chi connectivity index (χ1n) is 10.4. The fourth-order valence-electron chi connectivity index (χ4n) is 3.05. The molecule has 0 radical (unpaired) electrons. The molecule has 0 aliphatic rings. The van der Waals surface area contributed by atoms with Crippen molar-refractivity contribution in [2.45, 2.75) is 26.2 Å². The Balaban J connectivity index is 1.57. The fourth-order valence-corrected chi connectivity index (χ4v) is 3.05. The molecule has 0 spiro atoms. The molecule has 0 aliphatic carbocycles. The van der Waals surface area contributed by atoms with Crippen molar-refractivity contribution < 1.29 is 19.4 Å². The second kappa shape index (κ2) is 9.99. The van der Waals surface area contributed by atoms with E-state index < -0.39 is 5.91 Å². The number of benzene rings is 3. The number of nitrogens with zero attached hydrogens (tertiary/aromatic N) is 1. The van der Waals surface area contributed by atoms with Crippen LogP contribution in [-0.4, -0.2) is 30.2 Å². The summed E-state index contributed by atoms with van der Waals surface area (Å²) >= 11 is 0. The fraction of sp³-hybridized carbons (Fsp3) is 0.192. The lowest BCUT2D eigenvalue weighted by Crippen LogP contribution is -2.18. The molecule has 0 unspecified atom stereocenters. The standard InChI is InChI=1S/C26H27N3O4/c1-26(2,3)20-10-6-18(7-11-20)24(31)28-21-12-8-19(9-13-21)25(32)29-27-16-17-5-14-23(33-4)22(30)15-17/h5-16,30H,1-4H3,(H,28,31)(H,29,32). The Labute approximate surface area is 193 Å². The lowest BCUT2D eigenvalue weighted by atomic mass is 9.87. The number of carbonyl (C=O) groups is 2. The number of phenols is 1. The average molecular weight is 446 g/mol. The molecule has 0 saturated heterocycles. The van der Waals surface area contributed by atoms with E-state index in [-0.39, 0.29) is 17.1 Å². The van der Waals surface area contributed by atoms with Gasteiger partial charge in [-0.15, -0.1) is 0 Å². The minimum atomic E-state index is -0.403. The second-order valence-electron chi connectivity index (χ2n) is 8.49. The van der Waals surface area contributed by atoms with Gasteiger partial charge in [0, 0.05) is 16.8 Å². The van der Waals surface area contributed by atoms with Gasteiger partial charge in [-0.25, -0.2) is 5.43 Å². The first-order chi connectivity index (χ1) is 15.7. The first-order valence-corrected chi connectivity index (χ1v) is 10.4. The number of hydrogen-bond donors (Lipinski definition) is 3. The minimum Gasteiger partial charge on any atom is -0.504 e. The van der Waals surface area contributed by atoms with E-state index in [9.17, 15) is 14.7 Å². The van der Waals surface area contributed by atoms with E-state index in [1.54, 1.807) is 48.5 Å². The number of hydrazone groups is 1. The van der Waals surface area contributed by atoms with E-state index in [0.717, 1.165) is 5.56 Å². The van der Waals surface area contributed by atoms with Crippen molar-refractivity contribution >= 4 is 23.7 Å². The summed E-state index contributed by atoms with van der Waals surface area (Å²) < 4.78 is 4.99. The van der Waals surface area contributed by atoms with Gasteiger partial charge in [0.1, 0.15) is 0 Å². The second-order valence-corrected chi connectivity index (χ2v) is 8.49. The van der Waals surface area contributed by atoms with E-state index >= 15 is 0 Å². The summed E-state index contributed by atoms with van der Waals surface area (Å²) in [5, 5.41) is 16.5. The minimum absolute atomic E-state index is 0.0180. The number of anilines is 1. The Morgan fingerprint density at radius 3 is 2.09 bits per heavy atom. The lowest BCUT2D eigenvalue weighted by molar-refractivity contribution is 0.0954. The predicted octanol–water partition coefficient (Wildman–Crippen LogP) is 4.71. The van der Waals surface area contributed by atoms with Crippen LogP contribution in [0, 0.1) is 0 Å². The molecule has 3 aromatic carbocycles. The van der Waals surface area contributed by atoms with Crippen molar-refractivity contribution in [1.29, 1.82) is 0 Å². The molecule has 0 bridgehead atoms. The topological polar surface area (TPSA) is 100 Å². The van der Waals surface area contributed by atoms with Gasteiger partial charge in [-0.05, 0) is 71.1 Å². The molecular weight excluding hydrogens is 418 g/mol. The number of ether oxygens (including phenoxy) is 1. The van der Waals surface area contributed by atoms with E-state index in [0.29, 0.717) is 28.1 Å². The molecule has 0 aliphatic heterocycles. The van der Waals surface area contributed by atoms with Crippen LogP contribution in [0.1, 0.15) is 52.6 Å². The summed E-state index contributed by atoms with van der Waals surface area (Å²) in [6, 6.07) is 18.8. The van der Waals surface area contributed by atoms with E-state index in [1.807, 2.05) is 12.1 Å². The van der Waals surface area contributed by atoms with Crippen LogP contribution in [0.25, 0.3) is 0 Å². The van der Waals surface area contributed by atoms with Crippen LogP contribution in [0.2, 0.25) is 0 Å². The first kappa shape index (κ1) is 23.5. The number of carbonyl (C=O) groups excluding carboxylic acids is 2. The summed E-state index contributed by atoms with van der Waals surface area (Å²) in [4.78, 5) is 24.8. The zero-order valence-electron chi connectivity index (χ0n) is 19.0. The Bertz CT molecular complexity index is 1160. The lowest BCUT2D eigenvalue weighted by Gasteiger charge is -2.19. The maximum Gasteiger partial charge on any atom is 0.271 e. The third kappa shape index (κ3) is 6.20. The Hall–Kier alpha value is -4.13. The Morgan fingerprint density at radius 1 is 0.909 bits per heavy atom. The monoisotopic (exact) mass is 445 g/mol. The molecule has 0 saturated carbocycles. The number of phenolic OH excluding ortho intramolecular Hbond substituents is 1. The number of aromatic hydroxyl groups is 1. The van der Waals surface area contributed by atoms with Gasteiger partial charge < -0.3 is 15.2 Å². The molecule has 0 heterocycles. The van der Waals surface area contributed by atoms with E-state index in [1.165, 1.54) is 19.4 Å². The van der Waals surface area contributed by atoms with Crippen LogP contribution < -0.4 is 15.5 Å². The van der Waals surface area contributed by atoms with Gasteiger partial charge in [-0.3, -0.25) is 9.59 Å². The normalized spacial score (nSPS) is 11.3. The van der Waals surface area contributed by atoms with Gasteiger partial charge in [-0.1, -0.05) is 32.9 Å². The van der Waals surface area contributed by atoms with Crippen molar-refractivity contribution in [3.8, 4) is 11.5 Å². The molecule has 3 aromatic rings. The molecule has 170 valence electrons. The van der Waals surface area contributed by atoms with Crippen LogP contribution in [-0.2, 0) is 5.41 Å². The van der Waals surface area contributed by atoms with E-state index in [2.05, 4.69) is 36.6 Å². The maximum absolute atomic E-state index is 12.5. The van der Waals surface area contributed by atoms with Gasteiger partial charge in [0.15, 0.2) is 11.5 Å². The molecule has 2 amide bonds. The summed E-state index contributed by atoms with van der Waals surface area (Å²) in [5.74, 6) is -0.291. The molecule has 3 N–H and O–H groups in total. The maximum atomic E-state index is 12.5. The van der Waals surface area contributed by atoms with Crippen molar-refractivity contribution in [2.24, 2.45) is 5.10 Å². The molecule has 7 nitrogen and oxygen atoms in total. The summed E-state index contributed by atoms with van der Waals surface area (Å²) in [6.45, 7) is 6.36. The number of amides is 2. The van der Waals surface area contributed by atoms with Crippen molar-refractivity contribution in [1.82, 2.24) is 5.43 Å². The zero-order valence-corrected chi connectivity index (χ0v) is 19.0. The molecule has 7 heteroatoms. The number of hydrogen-bond acceptors (Lipinski definition) is 5. The van der Waals surface area contributed by atoms with Crippen molar-refractivity contribution in [3.05, 3.63) is 89.0 Å². The quantitative estimate of drug-likeness (QED) is 0.378. The molecule has 0 atom stereocenters. The van der Waals surface area contributed by atoms with Gasteiger partial charge in [0.2, 0.25) is 0 Å². The average Bonchev–Trinajstić information content (AvgIpc) is 2.79. The van der Waals surface area contributed by atoms with Crippen LogP contribution >= 0.6 is 0 Å². The molecule has 0 aromatic heterocycles. The highest BCUT2D eigenvalue weighted by Crippen LogP contribution is 2.25. The number of methoxy groups -OCH3 is 1. The zero-order chi connectivity index (χ0) is 24.0. The molecule has 3 rings (SSSR count). The van der Waals surface area contributed by atoms with Crippen LogP contribution in [0.3, 0.4) is 0 Å². The van der Waals surface area contributed by atoms with Crippen molar-refractivity contribution in [3.63, 3.8) is 0 Å². The molecular formula is C26H27N3O4. The van der Waals surface area contributed by atoms with Crippen molar-refractivity contribution in [2.75, 3.05) is 12.4 Å². The number of rotatable bonds is 6. The van der Waals surface area contributed by atoms with Gasteiger partial charge in [0.05, 0.1) is 13.3 Å². The van der Waals surface area contributed by atoms with Crippen LogP contribution in [0.5, 0.6) is 11.5 Å². The van der Waals surface area contributed by atoms with Gasteiger partial charge in [0.25, 0.3) is 11.8 Å². The highest BCUT2D eigenvalue weighted by Gasteiger charge is 2.14. The van der Waals surface area contributed by atoms with Gasteiger partial charge in [-0.2, -0.15) is 5.10 Å². The van der Waals surface area contributed by atoms with Gasteiger partial charge >= 0.3 is 0 Å². The summed E-state index contributed by atoms with van der Waals surface area (Å²) in [5.41, 5.74) is 5.72. The third-order valence-electron chi connectivity index (χ3n) is 5.00. The summed E-state index contributed by atoms with van der Waals surface area (Å²) in [7, 11) is 1.46. The largest absolute Gasteiger partial charge is 0.504 e. The molecule has 33 heavy (non-hydrogen) atoms. The van der Waals surface area contributed by atoms with E-state index in [4.69, 9.17) is 4.74 Å². The highest BCUT2D eigenvalue weighted by molar-refractivity contribution is 6.04. The summed E-state index contributed by atoms with van der Waals surface area (Å²) in [6.07, 6.45) is 1.41. The Morgan fingerprint density at radius 2 is 1.52 bits per heavy atom. The molecule has 0 fully saturated rings. The third-order valence-corrected chi connectivity index (χ3v) is 5.00. The number of nitrogens with one attached hydrogen (secondary N) is 2.